The molecule has 1 amide bonds. The van der Waals surface area contributed by atoms with Gasteiger partial charge < -0.3 is 25.4 Å². The van der Waals surface area contributed by atoms with Crippen molar-refractivity contribution in [2.24, 2.45) is 0 Å². The van der Waals surface area contributed by atoms with Crippen molar-refractivity contribution in [3.63, 3.8) is 0 Å². The van der Waals surface area contributed by atoms with Gasteiger partial charge in [-0.2, -0.15) is 0 Å². The Morgan fingerprint density at radius 3 is 2.11 bits per heavy atom. The molecule has 3 N–H and O–H groups in total. The number of halogens is 3. The van der Waals surface area contributed by atoms with E-state index >= 15 is 8.78 Å². The van der Waals surface area contributed by atoms with Gasteiger partial charge in [-0.3, -0.25) is 0 Å². The summed E-state index contributed by atoms with van der Waals surface area (Å²) < 4.78 is 57.8. The number of ether oxygens (including phenoxy) is 2. The van der Waals surface area contributed by atoms with Crippen LogP contribution in [0.2, 0.25) is 0 Å². The molecule has 258 valence electrons. The number of hydrogen-bond acceptors (Lipinski definition) is 9. The fraction of sp³-hybridized carbons (Fsp3) is 0.576. The van der Waals surface area contributed by atoms with E-state index in [0.29, 0.717) is 6.42 Å². The van der Waals surface area contributed by atoms with E-state index in [0.717, 1.165) is 0 Å². The molecule has 9 nitrogen and oxygen atoms in total. The predicted octanol–water partition coefficient (Wildman–Crippen LogP) is 8.93. The minimum absolute atomic E-state index is 0.0293. The molecule has 0 saturated heterocycles. The van der Waals surface area contributed by atoms with Crippen LogP contribution < -0.4 is 15.8 Å². The van der Waals surface area contributed by atoms with E-state index in [-0.39, 0.29) is 63.1 Å². The Hall–Kier alpha value is -3.48. The van der Waals surface area contributed by atoms with Crippen LogP contribution in [0.1, 0.15) is 86.8 Å². The average Bonchev–Trinajstić information content (AvgIpc) is 3.03. The molecule has 0 aliphatic carbocycles. The zero-order valence-electron chi connectivity index (χ0n) is 29.7. The highest BCUT2D eigenvalue weighted by atomic mass is 32.2. The summed E-state index contributed by atoms with van der Waals surface area (Å²) in [7, 11) is 1.62. The van der Waals surface area contributed by atoms with E-state index in [2.05, 4.69) is 20.3 Å². The van der Waals surface area contributed by atoms with Gasteiger partial charge in [0.2, 0.25) is 5.88 Å². The Bertz CT molecular complexity index is 1470. The molecule has 3 rings (SSSR count). The van der Waals surface area contributed by atoms with E-state index in [9.17, 15) is 9.18 Å². The van der Waals surface area contributed by atoms with E-state index in [1.54, 1.807) is 34.1 Å². The molecule has 1 aromatic carbocycles. The van der Waals surface area contributed by atoms with Gasteiger partial charge in [-0.15, -0.1) is 0 Å². The van der Waals surface area contributed by atoms with Gasteiger partial charge in [0.25, 0.3) is 0 Å². The van der Waals surface area contributed by atoms with Crippen LogP contribution in [0.3, 0.4) is 0 Å². The summed E-state index contributed by atoms with van der Waals surface area (Å²) in [6, 6.07) is -0.361. The molecule has 0 saturated carbocycles. The first-order chi connectivity index (χ1) is 21.5. The molecule has 2 atom stereocenters. The number of amides is 1. The van der Waals surface area contributed by atoms with Crippen LogP contribution in [0, 0.1) is 31.3 Å². The molecule has 0 fully saturated rings. The topological polar surface area (TPSA) is 115 Å². The predicted molar refractivity (Wildman–Crippen MR) is 183 cm³/mol. The van der Waals surface area contributed by atoms with Gasteiger partial charge >= 0.3 is 6.09 Å². The third-order valence-corrected chi connectivity index (χ3v) is 7.45. The SMILES string of the molecule is CC.CC.CCC(C)Oc1nc(-c2c(C)c(C)c(F)c(N)c2F)c(F)c2nc(SC)nc(NCC(C)N(C)C(=O)OC(C)(C)C)c12. The van der Waals surface area contributed by atoms with Crippen molar-refractivity contribution in [1.29, 1.82) is 0 Å². The second kappa shape index (κ2) is 17.4. The summed E-state index contributed by atoms with van der Waals surface area (Å²) in [5.41, 5.74) is 3.71. The molecule has 0 spiro atoms. The van der Waals surface area contributed by atoms with Crippen LogP contribution in [0.25, 0.3) is 22.2 Å². The Labute approximate surface area is 276 Å². The smallest absolute Gasteiger partial charge is 0.410 e. The Morgan fingerprint density at radius 2 is 1.59 bits per heavy atom. The van der Waals surface area contributed by atoms with Gasteiger partial charge in [-0.1, -0.05) is 46.4 Å². The number of carbonyl (C=O) groups excluding carboxylic acids is 1. The Morgan fingerprint density at radius 1 is 1.00 bits per heavy atom. The second-order valence-electron chi connectivity index (χ2n) is 11.2. The average molecular weight is 669 g/mol. The van der Waals surface area contributed by atoms with Crippen LogP contribution in [0.5, 0.6) is 5.88 Å². The van der Waals surface area contributed by atoms with Crippen molar-refractivity contribution in [3.05, 3.63) is 28.6 Å². The van der Waals surface area contributed by atoms with Crippen LogP contribution in [-0.4, -0.2) is 63.5 Å². The monoisotopic (exact) mass is 668 g/mol. The molecular weight excluding hydrogens is 617 g/mol. The van der Waals surface area contributed by atoms with Crippen LogP contribution in [0.15, 0.2) is 5.16 Å². The Kier molecular flexibility index (Phi) is 15.4. The lowest BCUT2D eigenvalue weighted by Crippen LogP contribution is -2.42. The summed E-state index contributed by atoms with van der Waals surface area (Å²) in [6.45, 7) is 22.0. The highest BCUT2D eigenvalue weighted by Gasteiger charge is 2.29. The van der Waals surface area contributed by atoms with Crippen molar-refractivity contribution < 1.29 is 27.4 Å². The van der Waals surface area contributed by atoms with Gasteiger partial charge in [0, 0.05) is 25.2 Å². The van der Waals surface area contributed by atoms with E-state index in [4.69, 9.17) is 15.2 Å². The first kappa shape index (κ1) is 40.5. The van der Waals surface area contributed by atoms with Gasteiger partial charge in [0.1, 0.15) is 33.7 Å². The standard InChI is InChI=1S/C29H39F3N6O3S.2C2H6/c1-11-14(3)40-26-18-24(21(32)23(35-26)17-15(4)16(5)19(30)22(33)20(17)31)36-27(42-10)37-25(18)34-12-13(2)38(9)28(39)41-29(6,7)8;2*1-2/h13-14H,11-12,33H2,1-10H3,(H,34,36,37);2*1-2H3. The molecule has 2 aromatic heterocycles. The zero-order valence-corrected chi connectivity index (χ0v) is 30.5. The van der Waals surface area contributed by atoms with E-state index in [1.807, 2.05) is 48.5 Å². The first-order valence-corrected chi connectivity index (χ1v) is 16.8. The minimum Gasteiger partial charge on any atom is -0.474 e. The maximum atomic E-state index is 16.3. The number of aromatic nitrogens is 3. The minimum atomic E-state index is -1.12. The summed E-state index contributed by atoms with van der Waals surface area (Å²) in [6.07, 6.45) is 1.47. The number of pyridine rings is 1. The van der Waals surface area contributed by atoms with E-state index in [1.165, 1.54) is 30.5 Å². The molecule has 2 unspecified atom stereocenters. The largest absolute Gasteiger partial charge is 0.474 e. The fourth-order valence-electron chi connectivity index (χ4n) is 3.99. The normalized spacial score (nSPS) is 12.3. The Balaban J connectivity index is 0.00000254. The maximum absolute atomic E-state index is 16.3. The van der Waals surface area contributed by atoms with Gasteiger partial charge in [0.15, 0.2) is 22.6 Å². The number of nitrogens with one attached hydrogen (secondary N) is 1. The summed E-state index contributed by atoms with van der Waals surface area (Å²) in [5.74, 6) is -2.77. The summed E-state index contributed by atoms with van der Waals surface area (Å²) in [4.78, 5) is 27.4. The molecule has 2 heterocycles. The van der Waals surface area contributed by atoms with Crippen molar-refractivity contribution in [1.82, 2.24) is 19.9 Å². The first-order valence-electron chi connectivity index (χ1n) is 15.6. The highest BCUT2D eigenvalue weighted by Crippen LogP contribution is 2.41. The summed E-state index contributed by atoms with van der Waals surface area (Å²) in [5, 5.41) is 3.56. The number of nitrogen functional groups attached to an aromatic ring is 1. The number of benzene rings is 1. The molecule has 0 aliphatic rings. The van der Waals surface area contributed by atoms with Crippen molar-refractivity contribution >= 4 is 40.3 Å². The third-order valence-electron chi connectivity index (χ3n) is 6.91. The molecule has 0 bridgehead atoms. The van der Waals surface area contributed by atoms with Crippen molar-refractivity contribution in [2.45, 2.75) is 112 Å². The lowest BCUT2D eigenvalue weighted by atomic mass is 9.97. The maximum Gasteiger partial charge on any atom is 0.410 e. The molecule has 46 heavy (non-hydrogen) atoms. The second-order valence-corrected chi connectivity index (χ2v) is 12.0. The van der Waals surface area contributed by atoms with Crippen LogP contribution in [-0.2, 0) is 4.74 Å². The molecule has 13 heteroatoms. The summed E-state index contributed by atoms with van der Waals surface area (Å²) >= 11 is 1.18. The molecular formula is C33H51F3N6O3S. The molecule has 0 radical (unpaired) electrons. The van der Waals surface area contributed by atoms with Crippen LogP contribution >= 0.6 is 11.8 Å². The number of fused-ring (bicyclic) bond motifs is 1. The van der Waals surface area contributed by atoms with E-state index < -0.39 is 40.5 Å². The number of nitrogens with two attached hydrogens (primary N) is 1. The lowest BCUT2D eigenvalue weighted by Gasteiger charge is -2.29. The number of nitrogens with zero attached hydrogens (tertiary/aromatic N) is 4. The highest BCUT2D eigenvalue weighted by molar-refractivity contribution is 7.98. The van der Waals surface area contributed by atoms with Crippen LogP contribution in [0.4, 0.5) is 29.5 Å². The zero-order chi connectivity index (χ0) is 35.7. The van der Waals surface area contributed by atoms with Crippen molar-refractivity contribution in [3.8, 4) is 17.1 Å². The van der Waals surface area contributed by atoms with Gasteiger partial charge in [0.05, 0.1) is 6.10 Å². The van der Waals surface area contributed by atoms with Gasteiger partial charge in [-0.05, 0) is 72.3 Å². The number of hydrogen-bond donors (Lipinski definition) is 2. The quantitative estimate of drug-likeness (QED) is 0.131. The number of rotatable bonds is 9. The number of carbonyl (C=O) groups is 1. The lowest BCUT2D eigenvalue weighted by molar-refractivity contribution is 0.0244. The fourth-order valence-corrected chi connectivity index (χ4v) is 4.36. The number of anilines is 2. The van der Waals surface area contributed by atoms with Crippen molar-refractivity contribution in [2.75, 3.05) is 30.9 Å². The number of likely N-dealkylation sites (N-methyl/N-ethyl adjacent to an activating group) is 1. The number of thioether (sulfide) groups is 1. The molecule has 3 aromatic rings. The van der Waals surface area contributed by atoms with Gasteiger partial charge in [-0.25, -0.2) is 32.9 Å². The molecule has 0 aliphatic heterocycles. The third kappa shape index (κ3) is 9.29.